The van der Waals surface area contributed by atoms with Crippen molar-refractivity contribution in [3.8, 4) is 0 Å². The van der Waals surface area contributed by atoms with Gasteiger partial charge in [0.25, 0.3) is 5.91 Å². The average Bonchev–Trinajstić information content (AvgIpc) is 3.26. The number of hydrogen-bond donors (Lipinski definition) is 0. The van der Waals surface area contributed by atoms with Crippen molar-refractivity contribution in [2.75, 3.05) is 50.5 Å². The third-order valence-corrected chi connectivity index (χ3v) is 7.47. The van der Waals surface area contributed by atoms with Gasteiger partial charge >= 0.3 is 6.18 Å². The van der Waals surface area contributed by atoms with Gasteiger partial charge in [0.05, 0.1) is 29.2 Å². The van der Waals surface area contributed by atoms with Gasteiger partial charge in [-0.15, -0.1) is 0 Å². The Hall–Kier alpha value is -2.59. The summed E-state index contributed by atoms with van der Waals surface area (Å²) in [5, 5.41) is 0. The predicted octanol–water partition coefficient (Wildman–Crippen LogP) is 3.65. The maximum absolute atomic E-state index is 13.5. The molecule has 6 nitrogen and oxygen atoms in total. The maximum atomic E-state index is 13.5. The number of halogens is 3. The molecule has 2 fully saturated rings. The number of rotatable bonds is 5. The van der Waals surface area contributed by atoms with E-state index in [-0.39, 0.29) is 16.7 Å². The van der Waals surface area contributed by atoms with Gasteiger partial charge in [-0.3, -0.25) is 4.79 Å². The molecule has 34 heavy (non-hydrogen) atoms. The minimum atomic E-state index is -4.37. The van der Waals surface area contributed by atoms with E-state index in [4.69, 9.17) is 4.74 Å². The Kier molecular flexibility index (Phi) is 6.91. The minimum Gasteiger partial charge on any atom is -0.378 e. The Morgan fingerprint density at radius 2 is 1.74 bits per heavy atom. The second kappa shape index (κ2) is 9.58. The van der Waals surface area contributed by atoms with Crippen LogP contribution in [0.15, 0.2) is 47.4 Å². The lowest BCUT2D eigenvalue weighted by molar-refractivity contribution is -0.137. The van der Waals surface area contributed by atoms with Gasteiger partial charge in [0, 0.05) is 38.1 Å². The van der Waals surface area contributed by atoms with E-state index in [0.29, 0.717) is 57.1 Å². The van der Waals surface area contributed by atoms with Gasteiger partial charge in [0.2, 0.25) is 0 Å². The van der Waals surface area contributed by atoms with Gasteiger partial charge in [0.15, 0.2) is 9.84 Å². The molecule has 1 amide bonds. The lowest BCUT2D eigenvalue weighted by Crippen LogP contribution is -2.38. The monoisotopic (exact) mass is 496 g/mol. The molecule has 0 radical (unpaired) electrons. The van der Waals surface area contributed by atoms with Crippen molar-refractivity contribution in [1.29, 1.82) is 0 Å². The minimum absolute atomic E-state index is 0.0911. The summed E-state index contributed by atoms with van der Waals surface area (Å²) >= 11 is 0. The molecule has 2 aliphatic heterocycles. The fraction of sp³-hybridized carbons (Fsp3) is 0.458. The Morgan fingerprint density at radius 1 is 1.06 bits per heavy atom. The first-order valence-corrected chi connectivity index (χ1v) is 13.0. The van der Waals surface area contributed by atoms with Crippen LogP contribution in [0.4, 0.5) is 18.9 Å². The zero-order chi connectivity index (χ0) is 24.5. The SMILES string of the molecule is CS(=O)(=O)c1ccc(N2CCOCC2)c(C(=O)N2CCC(Cc3ccc(C(F)(F)F)cc3)C2)c1. The topological polar surface area (TPSA) is 66.9 Å². The largest absolute Gasteiger partial charge is 0.416 e. The number of likely N-dealkylation sites (tertiary alicyclic amines) is 1. The van der Waals surface area contributed by atoms with E-state index in [1.807, 2.05) is 4.90 Å². The van der Waals surface area contributed by atoms with Crippen LogP contribution in [0.1, 0.15) is 27.9 Å². The molecule has 2 saturated heterocycles. The summed E-state index contributed by atoms with van der Waals surface area (Å²) < 4.78 is 68.1. The number of carbonyl (C=O) groups is 1. The van der Waals surface area contributed by atoms with Crippen LogP contribution < -0.4 is 4.90 Å². The highest BCUT2D eigenvalue weighted by Gasteiger charge is 2.32. The molecule has 184 valence electrons. The number of carbonyl (C=O) groups excluding carboxylic acids is 1. The second-order valence-electron chi connectivity index (χ2n) is 8.86. The first kappa shape index (κ1) is 24.5. The van der Waals surface area contributed by atoms with Gasteiger partial charge < -0.3 is 14.5 Å². The number of alkyl halides is 3. The fourth-order valence-corrected chi connectivity index (χ4v) is 5.16. The van der Waals surface area contributed by atoms with E-state index >= 15 is 0 Å². The molecule has 2 aliphatic rings. The van der Waals surface area contributed by atoms with Gasteiger partial charge in [0.1, 0.15) is 0 Å². The molecule has 2 aromatic carbocycles. The first-order chi connectivity index (χ1) is 16.0. The number of anilines is 1. The quantitative estimate of drug-likeness (QED) is 0.632. The summed E-state index contributed by atoms with van der Waals surface area (Å²) in [4.78, 5) is 17.3. The van der Waals surface area contributed by atoms with Crippen molar-refractivity contribution >= 4 is 21.4 Å². The van der Waals surface area contributed by atoms with Gasteiger partial charge in [-0.1, -0.05) is 12.1 Å². The molecule has 0 N–H and O–H groups in total. The van der Waals surface area contributed by atoms with Gasteiger partial charge in [-0.05, 0) is 54.7 Å². The smallest absolute Gasteiger partial charge is 0.378 e. The van der Waals surface area contributed by atoms with E-state index in [0.717, 1.165) is 30.4 Å². The molecule has 1 unspecified atom stereocenters. The van der Waals surface area contributed by atoms with Crippen LogP contribution in [0.5, 0.6) is 0 Å². The first-order valence-electron chi connectivity index (χ1n) is 11.1. The lowest BCUT2D eigenvalue weighted by Gasteiger charge is -2.31. The third-order valence-electron chi connectivity index (χ3n) is 6.36. The van der Waals surface area contributed by atoms with E-state index in [1.54, 1.807) is 11.0 Å². The van der Waals surface area contributed by atoms with Crippen molar-refractivity contribution in [3.05, 3.63) is 59.2 Å². The van der Waals surface area contributed by atoms with E-state index < -0.39 is 21.6 Å². The van der Waals surface area contributed by atoms with Crippen LogP contribution in [0.25, 0.3) is 0 Å². The van der Waals surface area contributed by atoms with Crippen molar-refractivity contribution in [2.24, 2.45) is 5.92 Å². The number of benzene rings is 2. The van der Waals surface area contributed by atoms with Crippen LogP contribution >= 0.6 is 0 Å². The zero-order valence-electron chi connectivity index (χ0n) is 18.8. The van der Waals surface area contributed by atoms with Crippen LogP contribution in [-0.4, -0.2) is 64.9 Å². The number of hydrogen-bond acceptors (Lipinski definition) is 5. The van der Waals surface area contributed by atoms with Crippen LogP contribution in [-0.2, 0) is 27.2 Å². The Morgan fingerprint density at radius 3 is 2.35 bits per heavy atom. The number of morpholine rings is 1. The van der Waals surface area contributed by atoms with E-state index in [2.05, 4.69) is 0 Å². The van der Waals surface area contributed by atoms with Crippen molar-refractivity contribution < 1.29 is 31.1 Å². The Bertz CT molecular complexity index is 1140. The second-order valence-corrected chi connectivity index (χ2v) is 10.9. The van der Waals surface area contributed by atoms with Gasteiger partial charge in [-0.25, -0.2) is 8.42 Å². The van der Waals surface area contributed by atoms with E-state index in [9.17, 15) is 26.4 Å². The number of amides is 1. The van der Waals surface area contributed by atoms with Crippen molar-refractivity contribution in [2.45, 2.75) is 23.9 Å². The number of ether oxygens (including phenoxy) is 1. The summed E-state index contributed by atoms with van der Waals surface area (Å²) in [5.41, 5.74) is 1.15. The number of sulfone groups is 1. The summed E-state index contributed by atoms with van der Waals surface area (Å²) in [6.45, 7) is 3.24. The normalized spacial score (nSPS) is 19.5. The Balaban J connectivity index is 1.51. The molecule has 0 bridgehead atoms. The Labute approximate surface area is 197 Å². The fourth-order valence-electron chi connectivity index (χ4n) is 4.51. The van der Waals surface area contributed by atoms with Crippen molar-refractivity contribution in [3.63, 3.8) is 0 Å². The predicted molar refractivity (Wildman–Crippen MR) is 122 cm³/mol. The average molecular weight is 497 g/mol. The molecular formula is C24H27F3N2O4S. The summed E-state index contributed by atoms with van der Waals surface area (Å²) in [6.07, 6.45) is -1.96. The zero-order valence-corrected chi connectivity index (χ0v) is 19.7. The molecule has 0 aliphatic carbocycles. The molecule has 0 aromatic heterocycles. The van der Waals surface area contributed by atoms with Crippen molar-refractivity contribution in [1.82, 2.24) is 4.90 Å². The molecular weight excluding hydrogens is 469 g/mol. The molecule has 0 saturated carbocycles. The molecule has 2 aromatic rings. The summed E-state index contributed by atoms with van der Waals surface area (Å²) in [5.74, 6) is -0.118. The summed E-state index contributed by atoms with van der Waals surface area (Å²) in [7, 11) is -3.49. The highest BCUT2D eigenvalue weighted by molar-refractivity contribution is 7.90. The van der Waals surface area contributed by atoms with Crippen LogP contribution in [0.3, 0.4) is 0 Å². The third kappa shape index (κ3) is 5.55. The molecule has 0 spiro atoms. The molecule has 2 heterocycles. The standard InChI is InChI=1S/C24H27F3N2O4S/c1-34(31,32)20-6-7-22(28-10-12-33-13-11-28)21(15-20)23(30)29-9-8-18(16-29)14-17-2-4-19(5-3-17)24(25,26)27/h2-7,15,18H,8-14,16H2,1H3. The molecule has 10 heteroatoms. The molecule has 1 atom stereocenters. The highest BCUT2D eigenvalue weighted by Crippen LogP contribution is 2.31. The highest BCUT2D eigenvalue weighted by atomic mass is 32.2. The molecule has 4 rings (SSSR count). The van der Waals surface area contributed by atoms with Crippen LogP contribution in [0.2, 0.25) is 0 Å². The number of nitrogens with zero attached hydrogens (tertiary/aromatic N) is 2. The maximum Gasteiger partial charge on any atom is 0.416 e. The van der Waals surface area contributed by atoms with Crippen LogP contribution in [0, 0.1) is 5.92 Å². The lowest BCUT2D eigenvalue weighted by atomic mass is 9.98. The van der Waals surface area contributed by atoms with Gasteiger partial charge in [-0.2, -0.15) is 13.2 Å². The summed E-state index contributed by atoms with van der Waals surface area (Å²) in [6, 6.07) is 9.79. The van der Waals surface area contributed by atoms with E-state index in [1.165, 1.54) is 24.3 Å².